The van der Waals surface area contributed by atoms with E-state index < -0.39 is 0 Å². The lowest BCUT2D eigenvalue weighted by molar-refractivity contribution is 0.174. The highest BCUT2D eigenvalue weighted by Gasteiger charge is 2.23. The zero-order chi connectivity index (χ0) is 15.2. The van der Waals surface area contributed by atoms with Crippen LogP contribution in [0.2, 0.25) is 0 Å². The molecule has 0 saturated carbocycles. The second-order valence-corrected chi connectivity index (χ2v) is 5.10. The minimum atomic E-state index is 0. The van der Waals surface area contributed by atoms with Crippen LogP contribution in [0.1, 0.15) is 18.0 Å². The molecule has 1 aliphatic rings. The summed E-state index contributed by atoms with van der Waals surface area (Å²) in [6, 6.07) is 3.98. The van der Waals surface area contributed by atoms with Crippen molar-refractivity contribution in [1.82, 2.24) is 10.2 Å². The van der Waals surface area contributed by atoms with Crippen molar-refractivity contribution < 1.29 is 14.6 Å². The second kappa shape index (κ2) is 10.6. The maximum Gasteiger partial charge on any atom is 0.200 e. The number of piperazine rings is 1. The first-order valence-corrected chi connectivity index (χ1v) is 7.21. The fourth-order valence-electron chi connectivity index (χ4n) is 2.75. The first-order chi connectivity index (χ1) is 10.2. The molecule has 132 valence electrons. The van der Waals surface area contributed by atoms with Crippen molar-refractivity contribution in [2.45, 2.75) is 12.5 Å². The number of ether oxygens (including phenoxy) is 2. The Morgan fingerprint density at radius 1 is 1.22 bits per heavy atom. The molecule has 1 atom stereocenters. The number of rotatable bonds is 6. The van der Waals surface area contributed by atoms with Gasteiger partial charge < -0.3 is 19.9 Å². The van der Waals surface area contributed by atoms with Crippen molar-refractivity contribution in [3.05, 3.63) is 30.4 Å². The molecule has 0 radical (unpaired) electrons. The highest BCUT2D eigenvalue weighted by molar-refractivity contribution is 5.85. The normalized spacial score (nSPS) is 15.7. The van der Waals surface area contributed by atoms with Gasteiger partial charge in [0.05, 0.1) is 14.2 Å². The van der Waals surface area contributed by atoms with Gasteiger partial charge in [-0.2, -0.15) is 0 Å². The van der Waals surface area contributed by atoms with Gasteiger partial charge in [-0.05, 0) is 24.1 Å². The highest BCUT2D eigenvalue weighted by atomic mass is 35.5. The number of benzene rings is 1. The molecule has 23 heavy (non-hydrogen) atoms. The van der Waals surface area contributed by atoms with Crippen LogP contribution in [0.4, 0.5) is 0 Å². The van der Waals surface area contributed by atoms with Crippen LogP contribution in [-0.4, -0.2) is 50.4 Å². The van der Waals surface area contributed by atoms with Gasteiger partial charge in [0.1, 0.15) is 0 Å². The van der Waals surface area contributed by atoms with E-state index in [-0.39, 0.29) is 36.6 Å². The molecule has 2 rings (SSSR count). The van der Waals surface area contributed by atoms with Gasteiger partial charge in [0.2, 0.25) is 5.75 Å². The molecule has 5 nitrogen and oxygen atoms in total. The largest absolute Gasteiger partial charge is 0.502 e. The average Bonchev–Trinajstić information content (AvgIpc) is 2.54. The summed E-state index contributed by atoms with van der Waals surface area (Å²) in [5.74, 6) is 0.920. The van der Waals surface area contributed by atoms with Gasteiger partial charge >= 0.3 is 0 Å². The Morgan fingerprint density at radius 2 is 1.74 bits per heavy atom. The van der Waals surface area contributed by atoms with Crippen molar-refractivity contribution >= 4 is 24.8 Å². The van der Waals surface area contributed by atoms with Crippen LogP contribution in [0.3, 0.4) is 0 Å². The van der Waals surface area contributed by atoms with Gasteiger partial charge in [-0.25, -0.2) is 0 Å². The number of halogens is 2. The Morgan fingerprint density at radius 3 is 2.17 bits per heavy atom. The number of aromatic hydroxyl groups is 1. The third-order valence-corrected chi connectivity index (χ3v) is 3.87. The van der Waals surface area contributed by atoms with Crippen LogP contribution in [0.25, 0.3) is 0 Å². The lowest BCUT2D eigenvalue weighted by atomic mass is 10.00. The SMILES string of the molecule is C=CC[C@H](c1cc(OC)c(O)c(OC)c1)N1CCNCC1.Cl.Cl. The summed E-state index contributed by atoms with van der Waals surface area (Å²) >= 11 is 0. The third kappa shape index (κ3) is 5.18. The fourth-order valence-corrected chi connectivity index (χ4v) is 2.75. The quantitative estimate of drug-likeness (QED) is 0.760. The fraction of sp³-hybridized carbons (Fsp3) is 0.500. The lowest BCUT2D eigenvalue weighted by Gasteiger charge is -2.35. The molecule has 0 unspecified atom stereocenters. The molecule has 1 fully saturated rings. The summed E-state index contributed by atoms with van der Waals surface area (Å²) in [6.45, 7) is 7.82. The number of nitrogens with one attached hydrogen (secondary N) is 1. The Balaban J connectivity index is 0.00000242. The Kier molecular flexibility index (Phi) is 10.1. The summed E-state index contributed by atoms with van der Waals surface area (Å²) < 4.78 is 10.5. The molecular weight excluding hydrogens is 339 g/mol. The molecule has 2 N–H and O–H groups in total. The highest BCUT2D eigenvalue weighted by Crippen LogP contribution is 2.40. The standard InChI is InChI=1S/C16H24N2O3.2ClH/c1-4-5-13(18-8-6-17-7-9-18)12-10-14(20-2)16(19)15(11-12)21-3;;/h4,10-11,13,17,19H,1,5-9H2,2-3H3;2*1H/t13-;;/m1../s1. The molecular formula is C16H26Cl2N2O3. The second-order valence-electron chi connectivity index (χ2n) is 5.10. The van der Waals surface area contributed by atoms with Crippen molar-refractivity contribution in [2.75, 3.05) is 40.4 Å². The summed E-state index contributed by atoms with van der Waals surface area (Å²) in [5, 5.41) is 13.4. The number of phenolic OH excluding ortho intramolecular Hbond substituents is 1. The summed E-state index contributed by atoms with van der Waals surface area (Å²) in [7, 11) is 3.09. The maximum atomic E-state index is 10.0. The molecule has 1 aromatic carbocycles. The molecule has 7 heteroatoms. The van der Waals surface area contributed by atoms with E-state index in [4.69, 9.17) is 9.47 Å². The number of hydrogen-bond acceptors (Lipinski definition) is 5. The maximum absolute atomic E-state index is 10.0. The van der Waals surface area contributed by atoms with Gasteiger partial charge in [0.15, 0.2) is 11.5 Å². The van der Waals surface area contributed by atoms with E-state index in [1.54, 1.807) is 14.2 Å². The van der Waals surface area contributed by atoms with E-state index >= 15 is 0 Å². The van der Waals surface area contributed by atoms with Crippen molar-refractivity contribution in [3.63, 3.8) is 0 Å². The molecule has 1 aliphatic heterocycles. The van der Waals surface area contributed by atoms with E-state index in [0.29, 0.717) is 11.5 Å². The predicted molar refractivity (Wildman–Crippen MR) is 97.7 cm³/mol. The third-order valence-electron chi connectivity index (χ3n) is 3.87. The van der Waals surface area contributed by atoms with Crippen LogP contribution >= 0.6 is 24.8 Å². The van der Waals surface area contributed by atoms with E-state index in [1.165, 1.54) is 0 Å². The molecule has 0 aromatic heterocycles. The van der Waals surface area contributed by atoms with E-state index in [2.05, 4.69) is 16.8 Å². The number of nitrogens with zero attached hydrogens (tertiary/aromatic N) is 1. The average molecular weight is 365 g/mol. The minimum Gasteiger partial charge on any atom is -0.502 e. The zero-order valence-electron chi connectivity index (χ0n) is 13.6. The molecule has 0 aliphatic carbocycles. The van der Waals surface area contributed by atoms with Crippen molar-refractivity contribution in [2.24, 2.45) is 0 Å². The summed E-state index contributed by atoms with van der Waals surface area (Å²) in [4.78, 5) is 2.42. The smallest absolute Gasteiger partial charge is 0.200 e. The Bertz CT molecular complexity index is 469. The summed E-state index contributed by atoms with van der Waals surface area (Å²) in [6.07, 6.45) is 2.77. The van der Waals surface area contributed by atoms with Crippen LogP contribution in [-0.2, 0) is 0 Å². The van der Waals surface area contributed by atoms with Crippen LogP contribution in [0.15, 0.2) is 24.8 Å². The number of phenols is 1. The van der Waals surface area contributed by atoms with Crippen molar-refractivity contribution in [3.8, 4) is 17.2 Å². The lowest BCUT2D eigenvalue weighted by Crippen LogP contribution is -2.45. The van der Waals surface area contributed by atoms with Crippen LogP contribution in [0, 0.1) is 0 Å². The van der Waals surface area contributed by atoms with E-state index in [9.17, 15) is 5.11 Å². The van der Waals surface area contributed by atoms with E-state index in [1.807, 2.05) is 18.2 Å². The molecule has 0 bridgehead atoms. The predicted octanol–water partition coefficient (Wildman–Crippen LogP) is 2.78. The molecule has 0 spiro atoms. The van der Waals surface area contributed by atoms with Gasteiger partial charge in [0, 0.05) is 32.2 Å². The molecule has 1 saturated heterocycles. The monoisotopic (exact) mass is 364 g/mol. The molecule has 1 aromatic rings. The number of hydrogen-bond donors (Lipinski definition) is 2. The van der Waals surface area contributed by atoms with Gasteiger partial charge in [0.25, 0.3) is 0 Å². The van der Waals surface area contributed by atoms with Gasteiger partial charge in [-0.15, -0.1) is 31.4 Å². The molecule has 0 amide bonds. The van der Waals surface area contributed by atoms with Crippen LogP contribution in [0.5, 0.6) is 17.2 Å². The van der Waals surface area contributed by atoms with Gasteiger partial charge in [-0.3, -0.25) is 4.90 Å². The van der Waals surface area contributed by atoms with Crippen molar-refractivity contribution in [1.29, 1.82) is 0 Å². The summed E-state index contributed by atoms with van der Waals surface area (Å²) in [5.41, 5.74) is 1.07. The van der Waals surface area contributed by atoms with Crippen LogP contribution < -0.4 is 14.8 Å². The topological polar surface area (TPSA) is 54.0 Å². The first-order valence-electron chi connectivity index (χ1n) is 7.21. The Hall–Kier alpha value is -1.14. The van der Waals surface area contributed by atoms with E-state index in [0.717, 1.165) is 38.2 Å². The minimum absolute atomic E-state index is 0. The van der Waals surface area contributed by atoms with Gasteiger partial charge in [-0.1, -0.05) is 6.08 Å². The Labute approximate surface area is 150 Å². The first kappa shape index (κ1) is 21.9. The zero-order valence-corrected chi connectivity index (χ0v) is 15.2. The molecule has 1 heterocycles. The number of methoxy groups -OCH3 is 2.